The highest BCUT2D eigenvalue weighted by Gasteiger charge is 2.54. The summed E-state index contributed by atoms with van der Waals surface area (Å²) in [5, 5.41) is 0. The van der Waals surface area contributed by atoms with E-state index in [1.165, 1.54) is 0 Å². The number of esters is 1. The van der Waals surface area contributed by atoms with Gasteiger partial charge in [-0.15, -0.1) is 13.2 Å². The van der Waals surface area contributed by atoms with Crippen LogP contribution in [0.25, 0.3) is 0 Å². The molecule has 2 bridgehead atoms. The summed E-state index contributed by atoms with van der Waals surface area (Å²) in [6.45, 7) is 5.06. The molecule has 2 fully saturated rings. The highest BCUT2D eigenvalue weighted by molar-refractivity contribution is 7.85. The lowest BCUT2D eigenvalue weighted by atomic mass is 9.79. The van der Waals surface area contributed by atoms with Gasteiger partial charge in [-0.2, -0.15) is 0 Å². The molecule has 11 heteroatoms. The van der Waals surface area contributed by atoms with Gasteiger partial charge < -0.3 is 18.8 Å². The molecule has 3 rings (SSSR count). The molecule has 1 aromatic carbocycles. The fourth-order valence-corrected chi connectivity index (χ4v) is 4.74. The van der Waals surface area contributed by atoms with Gasteiger partial charge in [-0.1, -0.05) is 6.58 Å². The van der Waals surface area contributed by atoms with E-state index >= 15 is 0 Å². The van der Waals surface area contributed by atoms with Crippen LogP contribution in [0.1, 0.15) is 43.0 Å². The van der Waals surface area contributed by atoms with Gasteiger partial charge in [0.15, 0.2) is 11.5 Å². The zero-order valence-electron chi connectivity index (χ0n) is 16.7. The Bertz CT molecular complexity index is 973. The number of fused-ring (bicyclic) bond motifs is 2. The second-order valence-corrected chi connectivity index (χ2v) is 9.48. The quantitative estimate of drug-likeness (QED) is 0.328. The van der Waals surface area contributed by atoms with E-state index in [9.17, 15) is 30.9 Å². The third kappa shape index (κ3) is 5.51. The third-order valence-corrected chi connectivity index (χ3v) is 6.45. The summed E-state index contributed by atoms with van der Waals surface area (Å²) in [5.74, 6) is -2.36. The molecule has 0 saturated heterocycles. The summed E-state index contributed by atoms with van der Waals surface area (Å²) >= 11 is 0. The Morgan fingerprint density at radius 3 is 2.52 bits per heavy atom. The maximum atomic E-state index is 12.9. The zero-order chi connectivity index (χ0) is 23.0. The molecule has 0 aromatic heterocycles. The number of rotatable bonds is 8. The average molecular weight is 463 g/mol. The van der Waals surface area contributed by atoms with Crippen LogP contribution in [0.15, 0.2) is 30.4 Å². The number of benzene rings is 1. The van der Waals surface area contributed by atoms with Crippen LogP contribution in [-0.4, -0.2) is 43.3 Å². The minimum Gasteiger partial charge on any atom is -0.748 e. The van der Waals surface area contributed by atoms with Crippen molar-refractivity contribution in [2.24, 2.45) is 11.8 Å². The van der Waals surface area contributed by atoms with Crippen molar-refractivity contribution in [3.8, 4) is 11.5 Å². The lowest BCUT2D eigenvalue weighted by molar-refractivity contribution is -0.275. The predicted octanol–water partition coefficient (Wildman–Crippen LogP) is 3.80. The van der Waals surface area contributed by atoms with Crippen molar-refractivity contribution in [1.29, 1.82) is 0 Å². The highest BCUT2D eigenvalue weighted by atomic mass is 32.2. The molecule has 0 amide bonds. The molecule has 0 aliphatic heterocycles. The van der Waals surface area contributed by atoms with Crippen LogP contribution < -0.4 is 9.47 Å². The van der Waals surface area contributed by atoms with Gasteiger partial charge in [0.05, 0.1) is 21.4 Å². The standard InChI is InChI=1S/C20H23F3O7S/c1-12(2)19(11-13-3-5-15(19)9-13)29-17-10-14(4-6-16(17)30-20(21,22)23)18(24)28-7-8-31(25,26)27/h4,6,10,13,15H,1,3,5,7-9,11H2,2H3,(H,25,26,27)/p-1. The second kappa shape index (κ2) is 8.34. The molecule has 1 aromatic rings. The number of hydrogen-bond acceptors (Lipinski definition) is 7. The minimum atomic E-state index is -4.98. The van der Waals surface area contributed by atoms with Crippen molar-refractivity contribution < 1.29 is 45.1 Å². The minimum absolute atomic E-state index is 0.0894. The van der Waals surface area contributed by atoms with E-state index in [0.29, 0.717) is 17.9 Å². The second-order valence-electron chi connectivity index (χ2n) is 7.96. The third-order valence-electron chi connectivity index (χ3n) is 5.78. The summed E-state index contributed by atoms with van der Waals surface area (Å²) in [6, 6.07) is 3.03. The van der Waals surface area contributed by atoms with E-state index in [-0.39, 0.29) is 17.2 Å². The molecule has 31 heavy (non-hydrogen) atoms. The fourth-order valence-electron chi connectivity index (χ4n) is 4.45. The Kier molecular flexibility index (Phi) is 6.30. The van der Waals surface area contributed by atoms with E-state index in [0.717, 1.165) is 37.5 Å². The van der Waals surface area contributed by atoms with Gasteiger partial charge in [-0.25, -0.2) is 13.2 Å². The van der Waals surface area contributed by atoms with Gasteiger partial charge in [0.1, 0.15) is 12.2 Å². The van der Waals surface area contributed by atoms with E-state index in [2.05, 4.69) is 11.3 Å². The molecule has 3 unspecified atom stereocenters. The number of halogens is 3. The Morgan fingerprint density at radius 2 is 2.00 bits per heavy atom. The first kappa shape index (κ1) is 23.4. The van der Waals surface area contributed by atoms with Gasteiger partial charge in [-0.3, -0.25) is 0 Å². The van der Waals surface area contributed by atoms with Gasteiger partial charge in [0.2, 0.25) is 0 Å². The van der Waals surface area contributed by atoms with Crippen molar-refractivity contribution in [2.45, 2.75) is 44.6 Å². The molecule has 2 saturated carbocycles. The summed E-state index contributed by atoms with van der Waals surface area (Å²) in [7, 11) is -4.58. The maximum Gasteiger partial charge on any atom is 0.573 e. The SMILES string of the molecule is C=C(C)C1(Oc2cc(C(=O)OCCS(=O)(=O)[O-])ccc2OC(F)(F)F)CC2CCC1C2. The van der Waals surface area contributed by atoms with Gasteiger partial charge in [0, 0.05) is 5.92 Å². The molecule has 0 N–H and O–H groups in total. The normalized spacial score (nSPS) is 25.3. The van der Waals surface area contributed by atoms with Crippen LogP contribution in [0.5, 0.6) is 11.5 Å². The number of carbonyl (C=O) groups is 1. The first-order chi connectivity index (χ1) is 14.3. The maximum absolute atomic E-state index is 12.9. The molecular formula is C20H22F3O7S-. The van der Waals surface area contributed by atoms with Crippen LogP contribution in [-0.2, 0) is 14.9 Å². The lowest BCUT2D eigenvalue weighted by Crippen LogP contribution is -2.42. The summed E-state index contributed by atoms with van der Waals surface area (Å²) in [5.41, 5.74) is -0.370. The number of ether oxygens (including phenoxy) is 3. The summed E-state index contributed by atoms with van der Waals surface area (Å²) in [4.78, 5) is 12.2. The van der Waals surface area contributed by atoms with Gasteiger partial charge in [0.25, 0.3) is 0 Å². The monoisotopic (exact) mass is 463 g/mol. The van der Waals surface area contributed by atoms with Gasteiger partial charge in [-0.05, 0) is 62.3 Å². The van der Waals surface area contributed by atoms with Crippen molar-refractivity contribution >= 4 is 16.1 Å². The molecule has 2 aliphatic rings. The fraction of sp³-hybridized carbons (Fsp3) is 0.550. The Labute approximate surface area is 177 Å². The summed E-state index contributed by atoms with van der Waals surface area (Å²) < 4.78 is 85.5. The van der Waals surface area contributed by atoms with Crippen LogP contribution in [0.2, 0.25) is 0 Å². The van der Waals surface area contributed by atoms with Crippen molar-refractivity contribution in [1.82, 2.24) is 0 Å². The molecule has 7 nitrogen and oxygen atoms in total. The molecular weight excluding hydrogens is 441 g/mol. The van der Waals surface area contributed by atoms with Crippen LogP contribution >= 0.6 is 0 Å². The Balaban J connectivity index is 1.89. The van der Waals surface area contributed by atoms with E-state index < -0.39 is 46.2 Å². The predicted molar refractivity (Wildman–Crippen MR) is 102 cm³/mol. The van der Waals surface area contributed by atoms with E-state index in [1.807, 2.05) is 0 Å². The largest absolute Gasteiger partial charge is 0.748 e. The molecule has 0 spiro atoms. The molecule has 172 valence electrons. The van der Waals surface area contributed by atoms with Gasteiger partial charge >= 0.3 is 12.3 Å². The van der Waals surface area contributed by atoms with Crippen LogP contribution in [0.3, 0.4) is 0 Å². The van der Waals surface area contributed by atoms with E-state index in [1.54, 1.807) is 6.92 Å². The van der Waals surface area contributed by atoms with Crippen molar-refractivity contribution in [2.75, 3.05) is 12.4 Å². The topological polar surface area (TPSA) is 102 Å². The highest BCUT2D eigenvalue weighted by Crippen LogP contribution is 2.56. The molecule has 3 atom stereocenters. The number of alkyl halides is 3. The average Bonchev–Trinajstić information content (AvgIpc) is 3.22. The number of carbonyl (C=O) groups excluding carboxylic acids is 1. The van der Waals surface area contributed by atoms with Crippen LogP contribution in [0, 0.1) is 11.8 Å². The number of hydrogen-bond donors (Lipinski definition) is 0. The van der Waals surface area contributed by atoms with Crippen molar-refractivity contribution in [3.05, 3.63) is 35.9 Å². The Morgan fingerprint density at radius 1 is 1.29 bits per heavy atom. The Hall–Kier alpha value is -2.27. The lowest BCUT2D eigenvalue weighted by Gasteiger charge is -2.39. The molecule has 2 aliphatic carbocycles. The van der Waals surface area contributed by atoms with Crippen LogP contribution in [0.4, 0.5) is 13.2 Å². The smallest absolute Gasteiger partial charge is 0.573 e. The van der Waals surface area contributed by atoms with E-state index in [4.69, 9.17) is 9.47 Å². The first-order valence-electron chi connectivity index (χ1n) is 9.64. The molecule has 0 radical (unpaired) electrons. The summed E-state index contributed by atoms with van der Waals surface area (Å²) in [6.07, 6.45) is -1.61. The van der Waals surface area contributed by atoms with Crippen molar-refractivity contribution in [3.63, 3.8) is 0 Å². The first-order valence-corrected chi connectivity index (χ1v) is 11.2. The zero-order valence-corrected chi connectivity index (χ0v) is 17.6. The molecule has 0 heterocycles.